The molecule has 0 amide bonds. The minimum atomic E-state index is 0.462. The third-order valence-electron chi connectivity index (χ3n) is 1.67. The van der Waals surface area contributed by atoms with Gasteiger partial charge in [0.15, 0.2) is 0 Å². The summed E-state index contributed by atoms with van der Waals surface area (Å²) in [5, 5.41) is 1.40. The normalized spacial score (nSPS) is 12.8. The van der Waals surface area contributed by atoms with Crippen molar-refractivity contribution in [2.24, 2.45) is 0 Å². The predicted molar refractivity (Wildman–Crippen MR) is 65.3 cm³/mol. The van der Waals surface area contributed by atoms with Crippen molar-refractivity contribution in [2.75, 3.05) is 11.2 Å². The Morgan fingerprint density at radius 2 is 2.00 bits per heavy atom. The molecule has 1 rings (SSSR count). The number of hydrogen-bond donors (Lipinski definition) is 0. The predicted octanol–water partition coefficient (Wildman–Crippen LogP) is 4.09. The van der Waals surface area contributed by atoms with E-state index in [-0.39, 0.29) is 0 Å². The second kappa shape index (κ2) is 5.94. The quantitative estimate of drug-likeness (QED) is 0.591. The maximum Gasteiger partial charge on any atom is 0.0354 e. The molecule has 13 heavy (non-hydrogen) atoms. The van der Waals surface area contributed by atoms with Gasteiger partial charge < -0.3 is 0 Å². The van der Waals surface area contributed by atoms with Gasteiger partial charge in [-0.15, -0.1) is 23.4 Å². The summed E-state index contributed by atoms with van der Waals surface area (Å²) in [4.78, 5) is 1.29. The summed E-state index contributed by atoms with van der Waals surface area (Å²) in [6.45, 7) is 2.10. The van der Waals surface area contributed by atoms with Crippen LogP contribution in [0.3, 0.4) is 0 Å². The lowest BCUT2D eigenvalue weighted by molar-refractivity contribution is 1.14. The van der Waals surface area contributed by atoms with Gasteiger partial charge in [-0.05, 0) is 19.1 Å². The number of benzene rings is 1. The van der Waals surface area contributed by atoms with Gasteiger partial charge in [-0.2, -0.15) is 0 Å². The van der Waals surface area contributed by atoms with E-state index in [1.165, 1.54) is 10.5 Å². The zero-order valence-corrected chi connectivity index (χ0v) is 10.6. The summed E-state index contributed by atoms with van der Waals surface area (Å²) in [7, 11) is 0. The van der Waals surface area contributed by atoms with Gasteiger partial charge in [0.2, 0.25) is 0 Å². The zero-order chi connectivity index (χ0) is 9.68. The molecule has 0 fully saturated rings. The van der Waals surface area contributed by atoms with Gasteiger partial charge in [0, 0.05) is 21.4 Å². The highest BCUT2D eigenvalue weighted by atomic mass is 79.9. The molecule has 0 bridgehead atoms. The summed E-state index contributed by atoms with van der Waals surface area (Å²) in [5.41, 5.74) is 1.30. The molecule has 3 heteroatoms. The molecule has 0 aliphatic heterocycles. The van der Waals surface area contributed by atoms with Crippen LogP contribution in [-0.2, 0) is 0 Å². The van der Waals surface area contributed by atoms with E-state index in [4.69, 9.17) is 11.6 Å². The lowest BCUT2D eigenvalue weighted by atomic mass is 10.2. The number of alkyl halides is 2. The number of hydrogen-bond acceptors (Lipinski definition) is 1. The van der Waals surface area contributed by atoms with Crippen molar-refractivity contribution < 1.29 is 0 Å². The van der Waals surface area contributed by atoms with Crippen LogP contribution < -0.4 is 0 Å². The monoisotopic (exact) mass is 278 g/mol. The topological polar surface area (TPSA) is 0 Å². The molecule has 1 atom stereocenters. The van der Waals surface area contributed by atoms with Crippen molar-refractivity contribution >= 4 is 39.3 Å². The first-order chi connectivity index (χ1) is 6.26. The fourth-order valence-electron chi connectivity index (χ4n) is 0.914. The molecule has 0 aromatic heterocycles. The molecule has 0 heterocycles. The lowest BCUT2D eigenvalue weighted by Gasteiger charge is -2.09. The van der Waals surface area contributed by atoms with E-state index >= 15 is 0 Å². The Labute approximate surface area is 97.2 Å². The van der Waals surface area contributed by atoms with E-state index in [1.807, 2.05) is 11.8 Å². The number of thioether (sulfide) groups is 1. The van der Waals surface area contributed by atoms with Crippen molar-refractivity contribution in [1.82, 2.24) is 0 Å². The maximum absolute atomic E-state index is 5.80. The largest absolute Gasteiger partial charge is 0.125 e. The van der Waals surface area contributed by atoms with Crippen LogP contribution in [0.2, 0.25) is 0 Å². The lowest BCUT2D eigenvalue weighted by Crippen LogP contribution is -2.05. The Bertz CT molecular complexity index is 244. The van der Waals surface area contributed by atoms with Crippen LogP contribution in [-0.4, -0.2) is 16.5 Å². The molecule has 0 aliphatic carbocycles. The number of rotatable bonds is 4. The first-order valence-corrected chi connectivity index (χ1v) is 6.65. The highest BCUT2D eigenvalue weighted by molar-refractivity contribution is 9.09. The third-order valence-corrected chi connectivity index (χ3v) is 4.64. The molecule has 0 saturated carbocycles. The van der Waals surface area contributed by atoms with Crippen molar-refractivity contribution in [3.8, 4) is 0 Å². The first-order valence-electron chi connectivity index (χ1n) is 4.11. The molecular formula is C10H12BrClS. The van der Waals surface area contributed by atoms with Gasteiger partial charge in [-0.25, -0.2) is 0 Å². The third kappa shape index (κ3) is 3.92. The fraction of sp³-hybridized carbons (Fsp3) is 0.400. The van der Waals surface area contributed by atoms with Gasteiger partial charge in [0.25, 0.3) is 0 Å². The second-order valence-electron chi connectivity index (χ2n) is 2.86. The Balaban J connectivity index is 2.58. The second-order valence-corrected chi connectivity index (χ2v) is 5.19. The molecule has 0 nitrogen and oxygen atoms in total. The van der Waals surface area contributed by atoms with Crippen LogP contribution in [0.15, 0.2) is 29.2 Å². The average molecular weight is 280 g/mol. The van der Waals surface area contributed by atoms with Crippen molar-refractivity contribution in [3.63, 3.8) is 0 Å². The van der Waals surface area contributed by atoms with Gasteiger partial charge in [-0.3, -0.25) is 0 Å². The summed E-state index contributed by atoms with van der Waals surface area (Å²) < 4.78 is 0. The van der Waals surface area contributed by atoms with E-state index in [0.717, 1.165) is 5.33 Å². The standard InChI is InChI=1S/C10H12BrClS/c1-8-2-4-9(5-3-8)13-10(6-11)7-12/h2-5,10H,6-7H2,1H3. The summed E-state index contributed by atoms with van der Waals surface area (Å²) in [5.74, 6) is 0.684. The number of halogens is 2. The summed E-state index contributed by atoms with van der Waals surface area (Å²) >= 11 is 11.1. The van der Waals surface area contributed by atoms with E-state index in [9.17, 15) is 0 Å². The van der Waals surface area contributed by atoms with Gasteiger partial charge in [0.1, 0.15) is 0 Å². The van der Waals surface area contributed by atoms with Gasteiger partial charge in [-0.1, -0.05) is 33.6 Å². The van der Waals surface area contributed by atoms with E-state index in [1.54, 1.807) is 0 Å². The molecule has 0 aliphatic rings. The molecular weight excluding hydrogens is 268 g/mol. The minimum Gasteiger partial charge on any atom is -0.125 e. The van der Waals surface area contributed by atoms with E-state index in [2.05, 4.69) is 47.1 Å². The fourth-order valence-corrected chi connectivity index (χ4v) is 2.90. The van der Waals surface area contributed by atoms with Crippen LogP contribution >= 0.6 is 39.3 Å². The highest BCUT2D eigenvalue weighted by Gasteiger charge is 2.06. The highest BCUT2D eigenvalue weighted by Crippen LogP contribution is 2.25. The smallest absolute Gasteiger partial charge is 0.0354 e. The molecule has 0 saturated heterocycles. The molecule has 72 valence electrons. The summed E-state index contributed by atoms with van der Waals surface area (Å²) in [6, 6.07) is 8.54. The molecule has 1 unspecified atom stereocenters. The van der Waals surface area contributed by atoms with Crippen LogP contribution in [0, 0.1) is 6.92 Å². The SMILES string of the molecule is Cc1ccc(SC(CCl)CBr)cc1. The Kier molecular flexibility index (Phi) is 5.22. The van der Waals surface area contributed by atoms with Gasteiger partial charge >= 0.3 is 0 Å². The molecule has 0 spiro atoms. The first kappa shape index (κ1) is 11.4. The van der Waals surface area contributed by atoms with E-state index in [0.29, 0.717) is 11.1 Å². The Morgan fingerprint density at radius 3 is 2.46 bits per heavy atom. The van der Waals surface area contributed by atoms with Crippen LogP contribution in [0.4, 0.5) is 0 Å². The molecule has 1 aromatic rings. The number of aryl methyl sites for hydroxylation is 1. The van der Waals surface area contributed by atoms with Gasteiger partial charge in [0.05, 0.1) is 0 Å². The Morgan fingerprint density at radius 1 is 1.38 bits per heavy atom. The molecule has 0 radical (unpaired) electrons. The van der Waals surface area contributed by atoms with Crippen LogP contribution in [0.1, 0.15) is 5.56 Å². The molecule has 1 aromatic carbocycles. The van der Waals surface area contributed by atoms with Crippen molar-refractivity contribution in [3.05, 3.63) is 29.8 Å². The minimum absolute atomic E-state index is 0.462. The van der Waals surface area contributed by atoms with Crippen molar-refractivity contribution in [1.29, 1.82) is 0 Å². The van der Waals surface area contributed by atoms with Crippen LogP contribution in [0.25, 0.3) is 0 Å². The van der Waals surface area contributed by atoms with Crippen molar-refractivity contribution in [2.45, 2.75) is 17.1 Å². The maximum atomic E-state index is 5.80. The Hall–Kier alpha value is 0.340. The molecule has 0 N–H and O–H groups in total. The van der Waals surface area contributed by atoms with Crippen LogP contribution in [0.5, 0.6) is 0 Å². The summed E-state index contributed by atoms with van der Waals surface area (Å²) in [6.07, 6.45) is 0. The zero-order valence-electron chi connectivity index (χ0n) is 7.47. The van der Waals surface area contributed by atoms with E-state index < -0.39 is 0 Å². The average Bonchev–Trinajstić information content (AvgIpc) is 2.17.